The number of rotatable bonds is 8. The van der Waals surface area contributed by atoms with E-state index in [1.807, 2.05) is 29.2 Å². The van der Waals surface area contributed by atoms with E-state index in [2.05, 4.69) is 10.00 Å². The average Bonchev–Trinajstić information content (AvgIpc) is 3.14. The lowest BCUT2D eigenvalue weighted by atomic mass is 10.1. The molecule has 0 saturated carbocycles. The Kier molecular flexibility index (Phi) is 6.21. The van der Waals surface area contributed by atoms with E-state index >= 15 is 0 Å². The van der Waals surface area contributed by atoms with Crippen LogP contribution in [0.25, 0.3) is 11.1 Å². The summed E-state index contributed by atoms with van der Waals surface area (Å²) in [6.07, 6.45) is 2.30. The third kappa shape index (κ3) is 5.04. The molecule has 2 heterocycles. The zero-order chi connectivity index (χ0) is 18.4. The van der Waals surface area contributed by atoms with Gasteiger partial charge in [0.05, 0.1) is 26.0 Å². The number of aromatic nitrogens is 2. The molecule has 0 unspecified atom stereocenters. The number of hydrogen-bond acceptors (Lipinski definition) is 6. The summed E-state index contributed by atoms with van der Waals surface area (Å²) in [4.78, 5) is 12.9. The Labute approximate surface area is 151 Å². The van der Waals surface area contributed by atoms with Gasteiger partial charge in [0.2, 0.25) is 0 Å². The fourth-order valence-electron chi connectivity index (χ4n) is 2.69. The first kappa shape index (κ1) is 18.4. The third-order valence-electron chi connectivity index (χ3n) is 4.26. The molecule has 1 aliphatic heterocycles. The second kappa shape index (κ2) is 8.79. The molecular weight excluding hydrogens is 338 g/mol. The van der Waals surface area contributed by atoms with Crippen molar-refractivity contribution >= 4 is 5.97 Å². The Morgan fingerprint density at radius 2 is 1.92 bits per heavy atom. The van der Waals surface area contributed by atoms with Gasteiger partial charge in [-0.05, 0) is 17.7 Å². The van der Waals surface area contributed by atoms with Crippen LogP contribution in [0, 0.1) is 0 Å². The van der Waals surface area contributed by atoms with E-state index in [1.54, 1.807) is 12.1 Å². The van der Waals surface area contributed by atoms with Crippen molar-refractivity contribution < 1.29 is 24.5 Å². The smallest absolute Gasteiger partial charge is 0.336 e. The van der Waals surface area contributed by atoms with Crippen molar-refractivity contribution in [2.24, 2.45) is 0 Å². The number of carbonyl (C=O) groups is 1. The van der Waals surface area contributed by atoms with Crippen molar-refractivity contribution in [3.63, 3.8) is 0 Å². The number of benzene rings is 1. The summed E-state index contributed by atoms with van der Waals surface area (Å²) >= 11 is 0. The minimum atomic E-state index is -1.53. The summed E-state index contributed by atoms with van der Waals surface area (Å²) in [5.74, 6) is -0.792. The first-order valence-electron chi connectivity index (χ1n) is 8.58. The maximum atomic E-state index is 10.6. The maximum Gasteiger partial charge on any atom is 0.336 e. The van der Waals surface area contributed by atoms with Crippen LogP contribution in [0.2, 0.25) is 0 Å². The number of ether oxygens (including phenoxy) is 2. The Hall–Kier alpha value is -2.42. The maximum absolute atomic E-state index is 10.6. The molecule has 1 saturated heterocycles. The van der Waals surface area contributed by atoms with E-state index in [1.165, 1.54) is 0 Å². The zero-order valence-electron chi connectivity index (χ0n) is 14.5. The van der Waals surface area contributed by atoms with Crippen molar-refractivity contribution in [2.45, 2.75) is 12.6 Å². The number of aliphatic carboxylic acids is 1. The van der Waals surface area contributed by atoms with Crippen molar-refractivity contribution in [1.29, 1.82) is 0 Å². The molecule has 1 aliphatic rings. The highest BCUT2D eigenvalue weighted by Gasteiger charge is 2.14. The van der Waals surface area contributed by atoms with Gasteiger partial charge in [0, 0.05) is 31.4 Å². The van der Waals surface area contributed by atoms with E-state index < -0.39 is 12.1 Å². The molecule has 1 atom stereocenters. The first-order valence-corrected chi connectivity index (χ1v) is 8.58. The molecule has 3 rings (SSSR count). The molecule has 140 valence electrons. The molecule has 26 heavy (non-hydrogen) atoms. The third-order valence-corrected chi connectivity index (χ3v) is 4.26. The highest BCUT2D eigenvalue weighted by atomic mass is 16.5. The van der Waals surface area contributed by atoms with Gasteiger partial charge in [-0.2, -0.15) is 5.10 Å². The van der Waals surface area contributed by atoms with Crippen molar-refractivity contribution in [2.75, 3.05) is 39.5 Å². The van der Waals surface area contributed by atoms with Gasteiger partial charge >= 0.3 is 5.97 Å². The SMILES string of the molecule is O=C(O)[C@H](O)COc1ccc(-c2cnn(CCN3CCOCC3)c2)cc1. The second-order valence-electron chi connectivity index (χ2n) is 6.14. The van der Waals surface area contributed by atoms with Gasteiger partial charge in [-0.3, -0.25) is 9.58 Å². The molecule has 0 spiro atoms. The van der Waals surface area contributed by atoms with Crippen LogP contribution >= 0.6 is 0 Å². The lowest BCUT2D eigenvalue weighted by molar-refractivity contribution is -0.148. The summed E-state index contributed by atoms with van der Waals surface area (Å²) in [7, 11) is 0. The number of carboxylic acid groups (broad SMARTS) is 1. The topological polar surface area (TPSA) is 97.1 Å². The highest BCUT2D eigenvalue weighted by molar-refractivity contribution is 5.72. The lowest BCUT2D eigenvalue weighted by Gasteiger charge is -2.26. The molecule has 2 aromatic rings. The molecule has 0 bridgehead atoms. The minimum Gasteiger partial charge on any atom is -0.490 e. The molecule has 8 nitrogen and oxygen atoms in total. The van der Waals surface area contributed by atoms with Crippen LogP contribution in [-0.4, -0.2) is 76.4 Å². The Morgan fingerprint density at radius 3 is 2.62 bits per heavy atom. The number of nitrogens with zero attached hydrogens (tertiary/aromatic N) is 3. The highest BCUT2D eigenvalue weighted by Crippen LogP contribution is 2.22. The van der Waals surface area contributed by atoms with E-state index in [0.717, 1.165) is 50.5 Å². The molecule has 1 fully saturated rings. The van der Waals surface area contributed by atoms with Crippen LogP contribution in [0.1, 0.15) is 0 Å². The lowest BCUT2D eigenvalue weighted by Crippen LogP contribution is -2.38. The quantitative estimate of drug-likeness (QED) is 0.714. The van der Waals surface area contributed by atoms with E-state index in [9.17, 15) is 9.90 Å². The van der Waals surface area contributed by atoms with E-state index in [4.69, 9.17) is 14.6 Å². The van der Waals surface area contributed by atoms with Gasteiger partial charge in [-0.1, -0.05) is 12.1 Å². The number of carboxylic acids is 1. The van der Waals surface area contributed by atoms with Gasteiger partial charge in [0.1, 0.15) is 12.4 Å². The van der Waals surface area contributed by atoms with Gasteiger partial charge in [0.25, 0.3) is 0 Å². The second-order valence-corrected chi connectivity index (χ2v) is 6.14. The number of morpholine rings is 1. The molecule has 8 heteroatoms. The van der Waals surface area contributed by atoms with Crippen molar-refractivity contribution in [1.82, 2.24) is 14.7 Å². The molecule has 2 N–H and O–H groups in total. The largest absolute Gasteiger partial charge is 0.490 e. The van der Waals surface area contributed by atoms with E-state index in [0.29, 0.717) is 5.75 Å². The van der Waals surface area contributed by atoms with Crippen molar-refractivity contribution in [3.8, 4) is 16.9 Å². The summed E-state index contributed by atoms with van der Waals surface area (Å²) < 4.78 is 12.5. The zero-order valence-corrected chi connectivity index (χ0v) is 14.5. The molecular formula is C18H23N3O5. The number of hydrogen-bond donors (Lipinski definition) is 2. The molecule has 0 amide bonds. The Bertz CT molecular complexity index is 710. The van der Waals surface area contributed by atoms with Gasteiger partial charge < -0.3 is 19.7 Å². The normalized spacial score (nSPS) is 16.3. The standard InChI is InChI=1S/C18H23N3O5/c22-17(18(23)24)13-26-16-3-1-14(2-4-16)15-11-19-21(12-15)6-5-20-7-9-25-10-8-20/h1-4,11-12,17,22H,5-10,13H2,(H,23,24)/t17-/m1/s1. The van der Waals surface area contributed by atoms with Gasteiger partial charge in [-0.25, -0.2) is 4.79 Å². The number of aliphatic hydroxyl groups is 1. The monoisotopic (exact) mass is 361 g/mol. The van der Waals surface area contributed by atoms with Crippen molar-refractivity contribution in [3.05, 3.63) is 36.7 Å². The Balaban J connectivity index is 1.52. The molecule has 1 aromatic heterocycles. The summed E-state index contributed by atoms with van der Waals surface area (Å²) in [5, 5.41) is 22.3. The summed E-state index contributed by atoms with van der Waals surface area (Å²) in [6, 6.07) is 7.25. The average molecular weight is 361 g/mol. The molecule has 1 aromatic carbocycles. The molecule has 0 aliphatic carbocycles. The predicted octanol–water partition coefficient (Wildman–Crippen LogP) is 0.707. The molecule has 0 radical (unpaired) electrons. The predicted molar refractivity (Wildman–Crippen MR) is 94.1 cm³/mol. The van der Waals surface area contributed by atoms with Crippen LogP contribution in [0.3, 0.4) is 0 Å². The number of aliphatic hydroxyl groups excluding tert-OH is 1. The minimum absolute atomic E-state index is 0.284. The fourth-order valence-corrected chi connectivity index (χ4v) is 2.69. The Morgan fingerprint density at radius 1 is 1.19 bits per heavy atom. The van der Waals surface area contributed by atoms with Crippen LogP contribution in [0.4, 0.5) is 0 Å². The first-order chi connectivity index (χ1) is 12.6. The summed E-state index contributed by atoms with van der Waals surface area (Å²) in [5.41, 5.74) is 2.00. The van der Waals surface area contributed by atoms with Crippen LogP contribution in [0.15, 0.2) is 36.7 Å². The van der Waals surface area contributed by atoms with Crippen LogP contribution in [0.5, 0.6) is 5.75 Å². The fraction of sp³-hybridized carbons (Fsp3) is 0.444. The van der Waals surface area contributed by atoms with Gasteiger partial charge in [0.15, 0.2) is 6.10 Å². The summed E-state index contributed by atoms with van der Waals surface area (Å²) in [6.45, 7) is 5.01. The van der Waals surface area contributed by atoms with Crippen LogP contribution in [-0.2, 0) is 16.1 Å². The van der Waals surface area contributed by atoms with Crippen LogP contribution < -0.4 is 4.74 Å². The van der Waals surface area contributed by atoms with E-state index in [-0.39, 0.29) is 6.61 Å². The van der Waals surface area contributed by atoms with Gasteiger partial charge in [-0.15, -0.1) is 0 Å².